The lowest BCUT2D eigenvalue weighted by Crippen LogP contribution is -2.33. The first-order chi connectivity index (χ1) is 15.2. The van der Waals surface area contributed by atoms with Gasteiger partial charge in [0.1, 0.15) is 5.82 Å². The highest BCUT2D eigenvalue weighted by molar-refractivity contribution is 9.10. The van der Waals surface area contributed by atoms with Crippen LogP contribution in [0.2, 0.25) is 5.15 Å². The number of carbonyl (C=O) groups is 2. The predicted octanol–water partition coefficient (Wildman–Crippen LogP) is 5.60. The van der Waals surface area contributed by atoms with Gasteiger partial charge < -0.3 is 15.0 Å². The number of nitrogens with zero attached hydrogens (tertiary/aromatic N) is 2. The number of halogens is 2. The quantitative estimate of drug-likeness (QED) is 0.304. The third-order valence-corrected chi connectivity index (χ3v) is 6.64. The lowest BCUT2D eigenvalue weighted by molar-refractivity contribution is -0.124. The minimum absolute atomic E-state index is 0.0406. The van der Waals surface area contributed by atoms with E-state index in [1.54, 1.807) is 18.2 Å². The molecule has 0 aliphatic heterocycles. The van der Waals surface area contributed by atoms with Crippen LogP contribution in [0.15, 0.2) is 22.7 Å². The van der Waals surface area contributed by atoms with E-state index in [9.17, 15) is 14.7 Å². The zero-order valence-electron chi connectivity index (χ0n) is 18.7. The standard InChI is InChI=1S/C23H31BrClN3O3S/c1-4-5-6-20-27-21(25)19(11-26-22(29)16(13-32)9-14(2)3)28(20)12-15-7-8-17(23(30)31)18(24)10-15/h7-8,10,14,16,32H,4-6,9,11-13H2,1-3H3,(H,26,29)(H,30,31). The molecule has 1 aromatic heterocycles. The molecular formula is C23H31BrClN3O3S. The molecule has 0 spiro atoms. The summed E-state index contributed by atoms with van der Waals surface area (Å²) in [4.78, 5) is 28.6. The van der Waals surface area contributed by atoms with Crippen molar-refractivity contribution in [3.63, 3.8) is 0 Å². The maximum Gasteiger partial charge on any atom is 0.336 e. The maximum absolute atomic E-state index is 12.7. The van der Waals surface area contributed by atoms with Crippen molar-refractivity contribution in [2.24, 2.45) is 11.8 Å². The minimum atomic E-state index is -0.985. The van der Waals surface area contributed by atoms with E-state index in [-0.39, 0.29) is 23.9 Å². The van der Waals surface area contributed by atoms with Gasteiger partial charge in [0.25, 0.3) is 0 Å². The van der Waals surface area contributed by atoms with Crippen LogP contribution in [0.5, 0.6) is 0 Å². The molecule has 0 saturated carbocycles. The largest absolute Gasteiger partial charge is 0.478 e. The van der Waals surface area contributed by atoms with Gasteiger partial charge in [0, 0.05) is 29.1 Å². The Morgan fingerprint density at radius 1 is 1.34 bits per heavy atom. The molecule has 1 heterocycles. The highest BCUT2D eigenvalue weighted by Gasteiger charge is 2.21. The molecule has 6 nitrogen and oxygen atoms in total. The Balaban J connectivity index is 2.29. The number of unbranched alkanes of at least 4 members (excludes halogenated alkanes) is 1. The maximum atomic E-state index is 12.7. The van der Waals surface area contributed by atoms with Crippen molar-refractivity contribution in [3.8, 4) is 0 Å². The second kappa shape index (κ2) is 12.7. The number of benzene rings is 1. The molecule has 0 radical (unpaired) electrons. The molecule has 0 aliphatic rings. The summed E-state index contributed by atoms with van der Waals surface area (Å²) in [6.45, 7) is 7.04. The van der Waals surface area contributed by atoms with Crippen molar-refractivity contribution in [2.45, 2.75) is 59.5 Å². The Hall–Kier alpha value is -1.51. The molecule has 1 aromatic carbocycles. The lowest BCUT2D eigenvalue weighted by Gasteiger charge is -2.18. The molecule has 2 aromatic rings. The van der Waals surface area contributed by atoms with E-state index in [0.29, 0.717) is 27.8 Å². The van der Waals surface area contributed by atoms with Crippen molar-refractivity contribution in [1.29, 1.82) is 0 Å². The van der Waals surface area contributed by atoms with Crippen molar-refractivity contribution in [2.75, 3.05) is 5.75 Å². The van der Waals surface area contributed by atoms with Gasteiger partial charge in [-0.05, 0) is 52.4 Å². The number of thiol groups is 1. The summed E-state index contributed by atoms with van der Waals surface area (Å²) in [7, 11) is 0. The fourth-order valence-electron chi connectivity index (χ4n) is 3.55. The smallest absolute Gasteiger partial charge is 0.336 e. The van der Waals surface area contributed by atoms with Crippen molar-refractivity contribution in [1.82, 2.24) is 14.9 Å². The summed E-state index contributed by atoms with van der Waals surface area (Å²) in [6.07, 6.45) is 3.53. The van der Waals surface area contributed by atoms with Gasteiger partial charge in [-0.1, -0.05) is 44.9 Å². The van der Waals surface area contributed by atoms with Crippen LogP contribution >= 0.6 is 40.2 Å². The normalized spacial score (nSPS) is 12.2. The van der Waals surface area contributed by atoms with Crippen LogP contribution in [-0.4, -0.2) is 32.3 Å². The average Bonchev–Trinajstić information content (AvgIpc) is 3.02. The van der Waals surface area contributed by atoms with Crippen LogP contribution in [0, 0.1) is 11.8 Å². The van der Waals surface area contributed by atoms with Crippen molar-refractivity contribution < 1.29 is 14.7 Å². The number of rotatable bonds is 12. The highest BCUT2D eigenvalue weighted by atomic mass is 79.9. The number of amides is 1. The van der Waals surface area contributed by atoms with E-state index in [1.807, 2.05) is 4.57 Å². The number of carbonyl (C=O) groups excluding carboxylic acids is 1. The molecule has 1 atom stereocenters. The number of carboxylic acids is 1. The molecule has 2 N–H and O–H groups in total. The summed E-state index contributed by atoms with van der Waals surface area (Å²) in [5.41, 5.74) is 1.86. The monoisotopic (exact) mass is 543 g/mol. The summed E-state index contributed by atoms with van der Waals surface area (Å²) in [5, 5.41) is 12.7. The van der Waals surface area contributed by atoms with Gasteiger partial charge in [0.2, 0.25) is 5.91 Å². The number of aromatic nitrogens is 2. The van der Waals surface area contributed by atoms with E-state index >= 15 is 0 Å². The minimum Gasteiger partial charge on any atom is -0.478 e. The van der Waals surface area contributed by atoms with Crippen molar-refractivity contribution in [3.05, 3.63) is 50.5 Å². The predicted molar refractivity (Wildman–Crippen MR) is 135 cm³/mol. The molecule has 176 valence electrons. The van der Waals surface area contributed by atoms with Crippen LogP contribution in [0.3, 0.4) is 0 Å². The SMILES string of the molecule is CCCCc1nc(Cl)c(CNC(=O)C(CS)CC(C)C)n1Cc1ccc(C(=O)O)c(Br)c1. The second-order valence-corrected chi connectivity index (χ2v) is 9.88. The third kappa shape index (κ3) is 7.25. The number of hydrogen-bond acceptors (Lipinski definition) is 4. The number of aromatic carboxylic acids is 1. The summed E-state index contributed by atoms with van der Waals surface area (Å²) < 4.78 is 2.54. The molecule has 0 aliphatic carbocycles. The van der Waals surface area contributed by atoms with Gasteiger partial charge in [0.05, 0.1) is 17.8 Å². The zero-order valence-corrected chi connectivity index (χ0v) is 21.9. The topological polar surface area (TPSA) is 84.2 Å². The number of imidazole rings is 1. The number of aryl methyl sites for hydroxylation is 1. The van der Waals surface area contributed by atoms with E-state index in [0.717, 1.165) is 42.8 Å². The molecule has 0 bridgehead atoms. The number of carboxylic acid groups (broad SMARTS) is 1. The molecule has 9 heteroatoms. The lowest BCUT2D eigenvalue weighted by atomic mass is 9.98. The van der Waals surface area contributed by atoms with Gasteiger partial charge in [0.15, 0.2) is 5.15 Å². The second-order valence-electron chi connectivity index (χ2n) is 8.30. The fraction of sp³-hybridized carbons (Fsp3) is 0.522. The van der Waals surface area contributed by atoms with Crippen LogP contribution < -0.4 is 5.32 Å². The van der Waals surface area contributed by atoms with E-state index in [2.05, 4.69) is 59.6 Å². The molecule has 0 saturated heterocycles. The van der Waals surface area contributed by atoms with Crippen LogP contribution in [0.4, 0.5) is 0 Å². The Labute approximate surface area is 208 Å². The summed E-state index contributed by atoms with van der Waals surface area (Å²) in [6, 6.07) is 5.16. The first kappa shape index (κ1) is 26.7. The van der Waals surface area contributed by atoms with Gasteiger partial charge in [-0.15, -0.1) is 0 Å². The molecule has 1 amide bonds. The Morgan fingerprint density at radius 3 is 2.62 bits per heavy atom. The summed E-state index contributed by atoms with van der Waals surface area (Å²) in [5.74, 6) is 0.560. The fourth-order valence-corrected chi connectivity index (χ4v) is 4.72. The molecule has 0 fully saturated rings. The molecule has 32 heavy (non-hydrogen) atoms. The van der Waals surface area contributed by atoms with Crippen LogP contribution in [0.25, 0.3) is 0 Å². The van der Waals surface area contributed by atoms with Gasteiger partial charge in [-0.25, -0.2) is 9.78 Å². The van der Waals surface area contributed by atoms with Gasteiger partial charge in [-0.3, -0.25) is 4.79 Å². The van der Waals surface area contributed by atoms with Gasteiger partial charge in [-0.2, -0.15) is 12.6 Å². The average molecular weight is 545 g/mol. The van der Waals surface area contributed by atoms with Crippen LogP contribution in [0.1, 0.15) is 67.5 Å². The van der Waals surface area contributed by atoms with E-state index in [4.69, 9.17) is 11.6 Å². The van der Waals surface area contributed by atoms with E-state index < -0.39 is 5.97 Å². The molecular weight excluding hydrogens is 514 g/mol. The van der Waals surface area contributed by atoms with Gasteiger partial charge >= 0.3 is 5.97 Å². The Bertz CT molecular complexity index is 949. The number of hydrogen-bond donors (Lipinski definition) is 3. The molecule has 1 unspecified atom stereocenters. The number of nitrogens with one attached hydrogen (secondary N) is 1. The Kier molecular flexibility index (Phi) is 10.6. The Morgan fingerprint density at radius 2 is 2.06 bits per heavy atom. The van der Waals surface area contributed by atoms with E-state index in [1.165, 1.54) is 0 Å². The third-order valence-electron chi connectivity index (χ3n) is 5.24. The molecule has 2 rings (SSSR count). The first-order valence-electron chi connectivity index (χ1n) is 10.8. The highest BCUT2D eigenvalue weighted by Crippen LogP contribution is 2.24. The van der Waals surface area contributed by atoms with Crippen LogP contribution in [-0.2, 0) is 24.3 Å². The van der Waals surface area contributed by atoms with Crippen molar-refractivity contribution >= 4 is 52.0 Å². The summed E-state index contributed by atoms with van der Waals surface area (Å²) >= 11 is 14.2. The first-order valence-corrected chi connectivity index (χ1v) is 12.6. The zero-order chi connectivity index (χ0) is 23.8.